The number of ether oxygens (including phenoxy) is 2. The van der Waals surface area contributed by atoms with E-state index < -0.39 is 0 Å². The summed E-state index contributed by atoms with van der Waals surface area (Å²) in [6.07, 6.45) is 3.23. The van der Waals surface area contributed by atoms with Crippen LogP contribution in [0.15, 0.2) is 22.5 Å². The topological polar surface area (TPSA) is 54.9 Å². The molecule has 2 rings (SSSR count). The molecule has 0 aromatic carbocycles. The summed E-state index contributed by atoms with van der Waals surface area (Å²) < 4.78 is 11.1. The van der Waals surface area contributed by atoms with E-state index in [1.165, 1.54) is 4.88 Å². The summed E-state index contributed by atoms with van der Waals surface area (Å²) in [5.74, 6) is 2.05. The van der Waals surface area contributed by atoms with Crippen LogP contribution in [0.25, 0.3) is 0 Å². The third-order valence-corrected chi connectivity index (χ3v) is 5.01. The van der Waals surface area contributed by atoms with E-state index in [1.807, 2.05) is 18.4 Å². The second-order valence-electron chi connectivity index (χ2n) is 6.43. The number of guanidine groups is 1. The van der Waals surface area contributed by atoms with Gasteiger partial charge >= 0.3 is 0 Å². The maximum atomic E-state index is 5.71. The molecule has 0 spiro atoms. The average molecular weight is 481 g/mol. The van der Waals surface area contributed by atoms with Gasteiger partial charge in [-0.15, -0.1) is 35.3 Å². The molecule has 25 heavy (non-hydrogen) atoms. The van der Waals surface area contributed by atoms with E-state index in [9.17, 15) is 0 Å². The van der Waals surface area contributed by atoms with Crippen molar-refractivity contribution in [3.63, 3.8) is 0 Å². The molecule has 1 aliphatic rings. The van der Waals surface area contributed by atoms with Crippen LogP contribution >= 0.6 is 35.3 Å². The van der Waals surface area contributed by atoms with E-state index in [2.05, 4.69) is 40.1 Å². The molecule has 0 bridgehead atoms. The third-order valence-electron chi connectivity index (χ3n) is 4.11. The highest BCUT2D eigenvalue weighted by Crippen LogP contribution is 2.14. The minimum absolute atomic E-state index is 0. The first-order valence-electron chi connectivity index (χ1n) is 8.90. The summed E-state index contributed by atoms with van der Waals surface area (Å²) in [5, 5.41) is 8.89. The van der Waals surface area contributed by atoms with Gasteiger partial charge in [-0.3, -0.25) is 4.99 Å². The lowest BCUT2D eigenvalue weighted by Gasteiger charge is -2.16. The summed E-state index contributed by atoms with van der Waals surface area (Å²) in [4.78, 5) is 5.72. The van der Waals surface area contributed by atoms with Crippen molar-refractivity contribution < 1.29 is 9.47 Å². The van der Waals surface area contributed by atoms with Crippen molar-refractivity contribution in [1.29, 1.82) is 0 Å². The molecule has 0 saturated carbocycles. The Morgan fingerprint density at radius 3 is 3.04 bits per heavy atom. The molecule has 2 atom stereocenters. The number of hydrogen-bond donors (Lipinski definition) is 2. The van der Waals surface area contributed by atoms with Crippen LogP contribution in [0.2, 0.25) is 0 Å². The van der Waals surface area contributed by atoms with Crippen LogP contribution in [0.5, 0.6) is 0 Å². The van der Waals surface area contributed by atoms with Crippen molar-refractivity contribution in [3.8, 4) is 0 Å². The Labute approximate surface area is 173 Å². The zero-order chi connectivity index (χ0) is 17.0. The molecule has 1 aliphatic heterocycles. The molecule has 2 unspecified atom stereocenters. The highest BCUT2D eigenvalue weighted by molar-refractivity contribution is 14.0. The smallest absolute Gasteiger partial charge is 0.190 e. The first-order chi connectivity index (χ1) is 11.8. The summed E-state index contributed by atoms with van der Waals surface area (Å²) in [6.45, 7) is 7.43. The summed E-state index contributed by atoms with van der Waals surface area (Å²) in [7, 11) is 1.82. The van der Waals surface area contributed by atoms with Gasteiger partial charge in [0, 0.05) is 44.1 Å². The molecule has 0 radical (unpaired) electrons. The Balaban J connectivity index is 0.00000312. The largest absolute Gasteiger partial charge is 0.381 e. The molecular formula is C18H32IN3O2S. The normalized spacial score (nSPS) is 18.6. The molecule has 2 N–H and O–H groups in total. The van der Waals surface area contributed by atoms with Crippen molar-refractivity contribution in [2.24, 2.45) is 16.8 Å². The predicted octanol–water partition coefficient (Wildman–Crippen LogP) is 3.15. The van der Waals surface area contributed by atoms with E-state index in [0.717, 1.165) is 64.7 Å². The fraction of sp³-hybridized carbons (Fsp3) is 0.722. The molecule has 0 amide bonds. The van der Waals surface area contributed by atoms with E-state index in [4.69, 9.17) is 9.47 Å². The lowest BCUT2D eigenvalue weighted by molar-refractivity contribution is 0.0888. The Hall–Kier alpha value is -0.380. The summed E-state index contributed by atoms with van der Waals surface area (Å²) in [5.41, 5.74) is 0. The Bertz CT molecular complexity index is 465. The van der Waals surface area contributed by atoms with Crippen molar-refractivity contribution in [2.75, 3.05) is 46.6 Å². The highest BCUT2D eigenvalue weighted by Gasteiger charge is 2.15. The van der Waals surface area contributed by atoms with Gasteiger partial charge in [-0.2, -0.15) is 0 Å². The molecular weight excluding hydrogens is 449 g/mol. The van der Waals surface area contributed by atoms with Crippen LogP contribution < -0.4 is 10.6 Å². The monoisotopic (exact) mass is 481 g/mol. The molecule has 7 heteroatoms. The number of nitrogens with zero attached hydrogens (tertiary/aromatic N) is 1. The Kier molecular flexibility index (Phi) is 12.5. The summed E-state index contributed by atoms with van der Waals surface area (Å²) >= 11 is 1.83. The summed E-state index contributed by atoms with van der Waals surface area (Å²) in [6, 6.07) is 4.31. The molecule has 144 valence electrons. The van der Waals surface area contributed by atoms with Gasteiger partial charge in [0.25, 0.3) is 0 Å². The minimum atomic E-state index is 0. The van der Waals surface area contributed by atoms with E-state index in [1.54, 1.807) is 0 Å². The number of nitrogens with one attached hydrogen (secondary N) is 2. The van der Waals surface area contributed by atoms with Gasteiger partial charge < -0.3 is 20.1 Å². The van der Waals surface area contributed by atoms with Crippen molar-refractivity contribution in [2.45, 2.75) is 26.2 Å². The fourth-order valence-electron chi connectivity index (χ4n) is 2.68. The van der Waals surface area contributed by atoms with Crippen LogP contribution in [-0.2, 0) is 15.9 Å². The van der Waals surface area contributed by atoms with Crippen molar-refractivity contribution in [1.82, 2.24) is 10.6 Å². The first-order valence-corrected chi connectivity index (χ1v) is 9.78. The van der Waals surface area contributed by atoms with Gasteiger partial charge in [-0.25, -0.2) is 0 Å². The lowest BCUT2D eigenvalue weighted by atomic mass is 10.1. The maximum absolute atomic E-state index is 5.71. The molecule has 1 aromatic heterocycles. The molecule has 0 aliphatic carbocycles. The minimum Gasteiger partial charge on any atom is -0.381 e. The zero-order valence-corrected chi connectivity index (χ0v) is 18.5. The predicted molar refractivity (Wildman–Crippen MR) is 116 cm³/mol. The maximum Gasteiger partial charge on any atom is 0.190 e. The van der Waals surface area contributed by atoms with Gasteiger partial charge in [0.1, 0.15) is 0 Å². The van der Waals surface area contributed by atoms with Gasteiger partial charge in [-0.05, 0) is 36.6 Å². The number of rotatable bonds is 10. The number of thiophene rings is 1. The van der Waals surface area contributed by atoms with Gasteiger partial charge in [-0.1, -0.05) is 13.0 Å². The number of hydrogen-bond acceptors (Lipinski definition) is 4. The Morgan fingerprint density at radius 1 is 1.48 bits per heavy atom. The van der Waals surface area contributed by atoms with Crippen molar-refractivity contribution in [3.05, 3.63) is 22.4 Å². The second kappa shape index (κ2) is 13.8. The van der Waals surface area contributed by atoms with Crippen LogP contribution in [-0.4, -0.2) is 52.5 Å². The quantitative estimate of drug-likeness (QED) is 0.233. The van der Waals surface area contributed by atoms with Crippen LogP contribution in [0, 0.1) is 11.8 Å². The molecule has 5 nitrogen and oxygen atoms in total. The zero-order valence-electron chi connectivity index (χ0n) is 15.3. The van der Waals surface area contributed by atoms with E-state index in [-0.39, 0.29) is 24.0 Å². The van der Waals surface area contributed by atoms with Gasteiger partial charge in [0.15, 0.2) is 5.96 Å². The fourth-order valence-corrected chi connectivity index (χ4v) is 3.55. The van der Waals surface area contributed by atoms with Gasteiger partial charge in [0.05, 0.1) is 13.2 Å². The highest BCUT2D eigenvalue weighted by atomic mass is 127. The SMILES string of the molecule is CN=C(NCCCOCC1CCOC1)NCC(C)Cc1cccs1.I. The number of halogens is 1. The third kappa shape index (κ3) is 9.77. The van der Waals surface area contributed by atoms with E-state index in [0.29, 0.717) is 11.8 Å². The second-order valence-corrected chi connectivity index (χ2v) is 7.46. The first kappa shape index (κ1) is 22.7. The van der Waals surface area contributed by atoms with E-state index >= 15 is 0 Å². The molecule has 1 fully saturated rings. The van der Waals surface area contributed by atoms with Crippen LogP contribution in [0.4, 0.5) is 0 Å². The molecule has 1 aromatic rings. The van der Waals surface area contributed by atoms with Gasteiger partial charge in [0.2, 0.25) is 0 Å². The van der Waals surface area contributed by atoms with Crippen LogP contribution in [0.3, 0.4) is 0 Å². The Morgan fingerprint density at radius 2 is 2.36 bits per heavy atom. The standard InChI is InChI=1S/C18H31N3O2S.HI/c1-15(11-17-5-3-10-24-17)12-21-18(19-2)20-7-4-8-22-13-16-6-9-23-14-16;/h3,5,10,15-16H,4,6-9,11-14H2,1-2H3,(H2,19,20,21);1H. The molecule has 1 saturated heterocycles. The number of aliphatic imine (C=N–C) groups is 1. The van der Waals surface area contributed by atoms with Crippen molar-refractivity contribution >= 4 is 41.3 Å². The average Bonchev–Trinajstić information content (AvgIpc) is 3.27. The molecule has 2 heterocycles. The van der Waals surface area contributed by atoms with Crippen LogP contribution in [0.1, 0.15) is 24.6 Å². The lowest BCUT2D eigenvalue weighted by Crippen LogP contribution is -2.40.